The van der Waals surface area contributed by atoms with Crippen LogP contribution in [-0.4, -0.2) is 20.1 Å². The molecule has 0 fully saturated rings. The predicted octanol–water partition coefficient (Wildman–Crippen LogP) is 4.32. The van der Waals surface area contributed by atoms with Gasteiger partial charge in [-0.25, -0.2) is 0 Å². The molecule has 0 spiro atoms. The third kappa shape index (κ3) is 4.27. The molecule has 0 saturated carbocycles. The number of methoxy groups -OCH3 is 2. The zero-order valence-corrected chi connectivity index (χ0v) is 14.0. The van der Waals surface area contributed by atoms with E-state index in [9.17, 15) is 4.79 Å². The topological polar surface area (TPSA) is 47.6 Å². The first kappa shape index (κ1) is 16.9. The van der Waals surface area contributed by atoms with Crippen molar-refractivity contribution in [1.29, 1.82) is 0 Å². The number of hydrogen-bond acceptors (Lipinski definition) is 3. The molecule has 0 heterocycles. The van der Waals surface area contributed by atoms with Gasteiger partial charge in [-0.05, 0) is 48.4 Å². The highest BCUT2D eigenvalue weighted by Gasteiger charge is 2.05. The van der Waals surface area contributed by atoms with Crippen LogP contribution in [0.15, 0.2) is 42.5 Å². The molecule has 120 valence electrons. The summed E-state index contributed by atoms with van der Waals surface area (Å²) < 4.78 is 10.4. The number of amides is 1. The van der Waals surface area contributed by atoms with Crippen LogP contribution in [0.4, 0.5) is 5.69 Å². The molecule has 0 saturated heterocycles. The molecular weight excluding hydrogens is 314 g/mol. The lowest BCUT2D eigenvalue weighted by atomic mass is 10.1. The van der Waals surface area contributed by atoms with Crippen molar-refractivity contribution in [3.8, 4) is 11.5 Å². The SMILES string of the molecule is COc1ccc(C=CC(=O)Nc2cccc(Cl)c2C)cc1OC. The summed E-state index contributed by atoms with van der Waals surface area (Å²) in [6.45, 7) is 1.86. The lowest BCUT2D eigenvalue weighted by molar-refractivity contribution is -0.111. The van der Waals surface area contributed by atoms with Crippen LogP contribution in [0, 0.1) is 6.92 Å². The smallest absolute Gasteiger partial charge is 0.248 e. The second kappa shape index (κ2) is 7.70. The lowest BCUT2D eigenvalue weighted by Crippen LogP contribution is -2.08. The van der Waals surface area contributed by atoms with Crippen molar-refractivity contribution in [3.63, 3.8) is 0 Å². The number of hydrogen-bond donors (Lipinski definition) is 1. The van der Waals surface area contributed by atoms with Crippen molar-refractivity contribution in [2.45, 2.75) is 6.92 Å². The number of benzene rings is 2. The number of anilines is 1. The molecule has 0 aliphatic heterocycles. The Morgan fingerprint density at radius 3 is 2.57 bits per heavy atom. The molecule has 1 N–H and O–H groups in total. The minimum absolute atomic E-state index is 0.231. The quantitative estimate of drug-likeness (QED) is 0.830. The molecule has 1 amide bonds. The molecule has 2 aromatic rings. The van der Waals surface area contributed by atoms with Gasteiger partial charge in [0.15, 0.2) is 11.5 Å². The van der Waals surface area contributed by atoms with Crippen molar-refractivity contribution in [2.75, 3.05) is 19.5 Å². The molecular formula is C18H18ClNO3. The largest absolute Gasteiger partial charge is 0.493 e. The van der Waals surface area contributed by atoms with Gasteiger partial charge in [0.05, 0.1) is 14.2 Å². The summed E-state index contributed by atoms with van der Waals surface area (Å²) in [5, 5.41) is 3.42. The Labute approximate surface area is 140 Å². The van der Waals surface area contributed by atoms with E-state index < -0.39 is 0 Å². The maximum absolute atomic E-state index is 12.0. The van der Waals surface area contributed by atoms with Gasteiger partial charge in [0.2, 0.25) is 5.91 Å². The number of halogens is 1. The van der Waals surface area contributed by atoms with Crippen molar-refractivity contribution in [3.05, 3.63) is 58.6 Å². The van der Waals surface area contributed by atoms with E-state index >= 15 is 0 Å². The summed E-state index contributed by atoms with van der Waals surface area (Å²) in [5.41, 5.74) is 2.36. The summed E-state index contributed by atoms with van der Waals surface area (Å²) >= 11 is 6.04. The maximum Gasteiger partial charge on any atom is 0.248 e. The van der Waals surface area contributed by atoms with Crippen LogP contribution < -0.4 is 14.8 Å². The molecule has 23 heavy (non-hydrogen) atoms. The van der Waals surface area contributed by atoms with Crippen LogP contribution in [0.25, 0.3) is 6.08 Å². The number of rotatable bonds is 5. The number of carbonyl (C=O) groups excluding carboxylic acids is 1. The monoisotopic (exact) mass is 331 g/mol. The van der Waals surface area contributed by atoms with Crippen molar-refractivity contribution in [1.82, 2.24) is 0 Å². The van der Waals surface area contributed by atoms with E-state index in [0.29, 0.717) is 22.2 Å². The fourth-order valence-electron chi connectivity index (χ4n) is 2.05. The van der Waals surface area contributed by atoms with Crippen LogP contribution >= 0.6 is 11.6 Å². The second-order valence-corrected chi connectivity index (χ2v) is 5.26. The fourth-order valence-corrected chi connectivity index (χ4v) is 2.22. The highest BCUT2D eigenvalue weighted by molar-refractivity contribution is 6.31. The summed E-state index contributed by atoms with van der Waals surface area (Å²) in [4.78, 5) is 12.0. The summed E-state index contributed by atoms with van der Waals surface area (Å²) in [7, 11) is 3.15. The molecule has 0 bridgehead atoms. The molecule has 0 radical (unpaired) electrons. The summed E-state index contributed by atoms with van der Waals surface area (Å²) in [6.07, 6.45) is 3.17. The van der Waals surface area contributed by atoms with Crippen molar-refractivity contribution < 1.29 is 14.3 Å². The van der Waals surface area contributed by atoms with E-state index in [-0.39, 0.29) is 5.91 Å². The Balaban J connectivity index is 2.10. The van der Waals surface area contributed by atoms with Crippen molar-refractivity contribution >= 4 is 29.3 Å². The van der Waals surface area contributed by atoms with Crippen LogP contribution in [0.1, 0.15) is 11.1 Å². The first-order valence-corrected chi connectivity index (χ1v) is 7.39. The summed E-state index contributed by atoms with van der Waals surface area (Å²) in [5.74, 6) is 1.02. The van der Waals surface area contributed by atoms with Crippen molar-refractivity contribution in [2.24, 2.45) is 0 Å². The number of nitrogens with one attached hydrogen (secondary N) is 1. The highest BCUT2D eigenvalue weighted by Crippen LogP contribution is 2.28. The normalized spacial score (nSPS) is 10.6. The Bertz CT molecular complexity index is 741. The Kier molecular flexibility index (Phi) is 5.66. The van der Waals surface area contributed by atoms with Gasteiger partial charge in [-0.3, -0.25) is 4.79 Å². The Morgan fingerprint density at radius 1 is 1.13 bits per heavy atom. The maximum atomic E-state index is 12.0. The Morgan fingerprint density at radius 2 is 1.87 bits per heavy atom. The molecule has 0 atom stereocenters. The number of carbonyl (C=O) groups is 1. The summed E-state index contributed by atoms with van der Waals surface area (Å²) in [6, 6.07) is 10.8. The van der Waals surface area contributed by atoms with Gasteiger partial charge in [-0.15, -0.1) is 0 Å². The fraction of sp³-hybridized carbons (Fsp3) is 0.167. The Hall–Kier alpha value is -2.46. The third-order valence-electron chi connectivity index (χ3n) is 3.36. The van der Waals surface area contributed by atoms with E-state index in [2.05, 4.69) is 5.32 Å². The molecule has 4 nitrogen and oxygen atoms in total. The van der Waals surface area contributed by atoms with Crippen LogP contribution in [-0.2, 0) is 4.79 Å². The first-order valence-electron chi connectivity index (χ1n) is 7.01. The third-order valence-corrected chi connectivity index (χ3v) is 3.77. The molecule has 5 heteroatoms. The molecule has 0 unspecified atom stereocenters. The predicted molar refractivity (Wildman–Crippen MR) is 93.4 cm³/mol. The molecule has 0 aliphatic rings. The van der Waals surface area contributed by atoms with Gasteiger partial charge in [0, 0.05) is 16.8 Å². The minimum atomic E-state index is -0.231. The van der Waals surface area contributed by atoms with Gasteiger partial charge in [0.25, 0.3) is 0 Å². The zero-order chi connectivity index (χ0) is 16.8. The molecule has 0 aromatic heterocycles. The zero-order valence-electron chi connectivity index (χ0n) is 13.2. The average Bonchev–Trinajstić information content (AvgIpc) is 2.56. The van der Waals surface area contributed by atoms with Gasteiger partial charge >= 0.3 is 0 Å². The number of ether oxygens (including phenoxy) is 2. The standard InChI is InChI=1S/C18H18ClNO3/c1-12-14(19)5-4-6-15(12)20-18(21)10-8-13-7-9-16(22-2)17(11-13)23-3/h4-11H,1-3H3,(H,20,21). The first-order chi connectivity index (χ1) is 11.0. The van der Waals surface area contributed by atoms with Crippen LogP contribution in [0.2, 0.25) is 5.02 Å². The molecule has 2 rings (SSSR count). The highest BCUT2D eigenvalue weighted by atomic mass is 35.5. The average molecular weight is 332 g/mol. The minimum Gasteiger partial charge on any atom is -0.493 e. The van der Waals surface area contributed by atoms with Gasteiger partial charge < -0.3 is 14.8 Å². The van der Waals surface area contributed by atoms with Gasteiger partial charge in [-0.2, -0.15) is 0 Å². The van der Waals surface area contributed by atoms with Crippen LogP contribution in [0.5, 0.6) is 11.5 Å². The molecule has 0 aliphatic carbocycles. The van der Waals surface area contributed by atoms with E-state index in [1.165, 1.54) is 6.08 Å². The van der Waals surface area contributed by atoms with Gasteiger partial charge in [0.1, 0.15) is 0 Å². The molecule has 2 aromatic carbocycles. The van der Waals surface area contributed by atoms with E-state index in [1.54, 1.807) is 44.6 Å². The second-order valence-electron chi connectivity index (χ2n) is 4.85. The van der Waals surface area contributed by atoms with Gasteiger partial charge in [-0.1, -0.05) is 23.7 Å². The lowest BCUT2D eigenvalue weighted by Gasteiger charge is -2.08. The van der Waals surface area contributed by atoms with E-state index in [1.807, 2.05) is 19.1 Å². The van der Waals surface area contributed by atoms with E-state index in [4.69, 9.17) is 21.1 Å². The van der Waals surface area contributed by atoms with Crippen LogP contribution in [0.3, 0.4) is 0 Å². The van der Waals surface area contributed by atoms with E-state index in [0.717, 1.165) is 11.1 Å².